The Bertz CT molecular complexity index is 448. The molecule has 0 fully saturated rings. The molecule has 1 N–H and O–H groups in total. The largest absolute Gasteiger partial charge is 0.300 e. The highest BCUT2D eigenvalue weighted by molar-refractivity contribution is 5.77. The smallest absolute Gasteiger partial charge is 0.130 e. The van der Waals surface area contributed by atoms with E-state index in [-0.39, 0.29) is 11.7 Å². The van der Waals surface area contributed by atoms with E-state index in [2.05, 4.69) is 10.2 Å². The maximum atomic E-state index is 11.3. The van der Waals surface area contributed by atoms with Gasteiger partial charge in [0, 0.05) is 18.5 Å². The molecule has 3 heteroatoms. The Morgan fingerprint density at radius 1 is 1.31 bits per heavy atom. The van der Waals surface area contributed by atoms with Gasteiger partial charge in [0.2, 0.25) is 0 Å². The van der Waals surface area contributed by atoms with Crippen LogP contribution < -0.4 is 0 Å². The molecule has 0 aliphatic rings. The summed E-state index contributed by atoms with van der Waals surface area (Å²) in [6.45, 7) is 1.61. The van der Waals surface area contributed by atoms with E-state index in [1.54, 1.807) is 13.1 Å². The standard InChI is InChI=1S/C13H14N2O/c1-10(16)9-12(13-7-8-14-15-13)11-5-3-2-4-6-11/h2-8,12H,9H2,1H3,(H,14,15). The maximum absolute atomic E-state index is 11.3. The molecule has 16 heavy (non-hydrogen) atoms. The first-order valence-electron chi connectivity index (χ1n) is 5.31. The normalized spacial score (nSPS) is 12.3. The number of H-pyrrole nitrogens is 1. The highest BCUT2D eigenvalue weighted by atomic mass is 16.1. The van der Waals surface area contributed by atoms with Crippen LogP contribution in [0.5, 0.6) is 0 Å². The Hall–Kier alpha value is -1.90. The number of rotatable bonds is 4. The third-order valence-corrected chi connectivity index (χ3v) is 2.57. The van der Waals surface area contributed by atoms with Crippen molar-refractivity contribution in [1.82, 2.24) is 10.2 Å². The number of ketones is 1. The van der Waals surface area contributed by atoms with Crippen LogP contribution in [0.1, 0.15) is 30.5 Å². The van der Waals surface area contributed by atoms with Crippen molar-refractivity contribution in [3.63, 3.8) is 0 Å². The molecule has 82 valence electrons. The lowest BCUT2D eigenvalue weighted by Crippen LogP contribution is -2.06. The number of aromatic nitrogens is 2. The summed E-state index contributed by atoms with van der Waals surface area (Å²) in [5, 5.41) is 6.96. The predicted octanol–water partition coefficient (Wildman–Crippen LogP) is 2.52. The Balaban J connectivity index is 2.32. The Morgan fingerprint density at radius 3 is 2.62 bits per heavy atom. The van der Waals surface area contributed by atoms with Crippen molar-refractivity contribution in [2.75, 3.05) is 0 Å². The van der Waals surface area contributed by atoms with Crippen LogP contribution in [-0.2, 0) is 4.79 Å². The van der Waals surface area contributed by atoms with E-state index in [0.29, 0.717) is 6.42 Å². The number of hydrogen-bond acceptors (Lipinski definition) is 2. The van der Waals surface area contributed by atoms with Crippen molar-refractivity contribution >= 4 is 5.78 Å². The van der Waals surface area contributed by atoms with E-state index < -0.39 is 0 Å². The number of carbonyl (C=O) groups excluding carboxylic acids is 1. The maximum Gasteiger partial charge on any atom is 0.130 e. The number of aromatic amines is 1. The van der Waals surface area contributed by atoms with Crippen LogP contribution in [0.15, 0.2) is 42.6 Å². The summed E-state index contributed by atoms with van der Waals surface area (Å²) in [5.74, 6) is 0.238. The molecule has 1 atom stereocenters. The highest BCUT2D eigenvalue weighted by Crippen LogP contribution is 2.26. The molecule has 0 amide bonds. The van der Waals surface area contributed by atoms with Gasteiger partial charge in [-0.2, -0.15) is 5.10 Å². The minimum Gasteiger partial charge on any atom is -0.300 e. The van der Waals surface area contributed by atoms with Crippen molar-refractivity contribution in [3.8, 4) is 0 Å². The fourth-order valence-electron chi connectivity index (χ4n) is 1.83. The van der Waals surface area contributed by atoms with Gasteiger partial charge >= 0.3 is 0 Å². The summed E-state index contributed by atoms with van der Waals surface area (Å²) in [5.41, 5.74) is 2.05. The van der Waals surface area contributed by atoms with Gasteiger partial charge in [0.15, 0.2) is 0 Å². The average molecular weight is 214 g/mol. The monoisotopic (exact) mass is 214 g/mol. The van der Waals surface area contributed by atoms with E-state index >= 15 is 0 Å². The third kappa shape index (κ3) is 2.37. The predicted molar refractivity (Wildman–Crippen MR) is 62.2 cm³/mol. The lowest BCUT2D eigenvalue weighted by Gasteiger charge is -2.13. The molecule has 3 nitrogen and oxygen atoms in total. The highest BCUT2D eigenvalue weighted by Gasteiger charge is 2.17. The van der Waals surface area contributed by atoms with E-state index in [1.807, 2.05) is 36.4 Å². The van der Waals surface area contributed by atoms with E-state index in [0.717, 1.165) is 11.3 Å². The van der Waals surface area contributed by atoms with Crippen LogP contribution in [0.2, 0.25) is 0 Å². The molecule has 0 saturated heterocycles. The molecular formula is C13H14N2O. The minimum absolute atomic E-state index is 0.0601. The molecule has 2 rings (SSSR count). The second-order valence-electron chi connectivity index (χ2n) is 3.87. The van der Waals surface area contributed by atoms with Crippen LogP contribution >= 0.6 is 0 Å². The molecule has 2 aromatic rings. The summed E-state index contributed by atoms with van der Waals surface area (Å²) in [6, 6.07) is 11.9. The van der Waals surface area contributed by atoms with Crippen LogP contribution in [0.3, 0.4) is 0 Å². The SMILES string of the molecule is CC(=O)CC(c1ccccc1)c1cc[nH]n1. The quantitative estimate of drug-likeness (QED) is 0.850. The van der Waals surface area contributed by atoms with Gasteiger partial charge in [-0.25, -0.2) is 0 Å². The van der Waals surface area contributed by atoms with Gasteiger partial charge in [-0.05, 0) is 18.6 Å². The van der Waals surface area contributed by atoms with Gasteiger partial charge in [-0.15, -0.1) is 0 Å². The summed E-state index contributed by atoms with van der Waals surface area (Å²) in [7, 11) is 0. The van der Waals surface area contributed by atoms with Crippen LogP contribution in [0.4, 0.5) is 0 Å². The Morgan fingerprint density at radius 2 is 2.06 bits per heavy atom. The molecule has 1 aromatic carbocycles. The molecule has 1 unspecified atom stereocenters. The van der Waals surface area contributed by atoms with Crippen LogP contribution in [0, 0.1) is 0 Å². The molecular weight excluding hydrogens is 200 g/mol. The van der Waals surface area contributed by atoms with Crippen molar-refractivity contribution in [1.29, 1.82) is 0 Å². The van der Waals surface area contributed by atoms with Gasteiger partial charge in [-0.1, -0.05) is 30.3 Å². The number of nitrogens with one attached hydrogen (secondary N) is 1. The third-order valence-electron chi connectivity index (χ3n) is 2.57. The molecule has 0 bridgehead atoms. The van der Waals surface area contributed by atoms with Gasteiger partial charge in [0.1, 0.15) is 5.78 Å². The minimum atomic E-state index is 0.0601. The Labute approximate surface area is 94.5 Å². The lowest BCUT2D eigenvalue weighted by molar-refractivity contribution is -0.117. The van der Waals surface area contributed by atoms with Crippen molar-refractivity contribution in [3.05, 3.63) is 53.9 Å². The molecule has 0 radical (unpaired) electrons. The Kier molecular flexibility index (Phi) is 3.15. The van der Waals surface area contributed by atoms with Gasteiger partial charge in [-0.3, -0.25) is 9.89 Å². The second kappa shape index (κ2) is 4.75. The number of nitrogens with zero attached hydrogens (tertiary/aromatic N) is 1. The average Bonchev–Trinajstić information content (AvgIpc) is 2.80. The first-order chi connectivity index (χ1) is 7.77. The molecule has 0 spiro atoms. The zero-order valence-corrected chi connectivity index (χ0v) is 9.18. The van der Waals surface area contributed by atoms with Crippen molar-refractivity contribution < 1.29 is 4.79 Å². The van der Waals surface area contributed by atoms with E-state index in [4.69, 9.17) is 0 Å². The number of benzene rings is 1. The fourth-order valence-corrected chi connectivity index (χ4v) is 1.83. The lowest BCUT2D eigenvalue weighted by atomic mass is 9.91. The number of Topliss-reactive ketones (excluding diaryl/α,β-unsaturated/α-hetero) is 1. The topological polar surface area (TPSA) is 45.8 Å². The van der Waals surface area contributed by atoms with E-state index in [9.17, 15) is 4.79 Å². The molecule has 1 heterocycles. The van der Waals surface area contributed by atoms with Gasteiger partial charge in [0.05, 0.1) is 5.69 Å². The molecule has 1 aromatic heterocycles. The first-order valence-corrected chi connectivity index (χ1v) is 5.31. The van der Waals surface area contributed by atoms with E-state index in [1.165, 1.54) is 0 Å². The second-order valence-corrected chi connectivity index (χ2v) is 3.87. The molecule has 0 aliphatic carbocycles. The molecule has 0 aliphatic heterocycles. The summed E-state index contributed by atoms with van der Waals surface area (Å²) in [4.78, 5) is 11.3. The van der Waals surface area contributed by atoms with Gasteiger partial charge in [0.25, 0.3) is 0 Å². The van der Waals surface area contributed by atoms with Gasteiger partial charge < -0.3 is 0 Å². The zero-order chi connectivity index (χ0) is 11.4. The summed E-state index contributed by atoms with van der Waals surface area (Å²) in [6.07, 6.45) is 2.28. The van der Waals surface area contributed by atoms with Crippen LogP contribution in [-0.4, -0.2) is 16.0 Å². The zero-order valence-electron chi connectivity index (χ0n) is 9.18. The first kappa shape index (κ1) is 10.6. The summed E-state index contributed by atoms with van der Waals surface area (Å²) < 4.78 is 0. The molecule has 0 saturated carbocycles. The van der Waals surface area contributed by atoms with Crippen molar-refractivity contribution in [2.24, 2.45) is 0 Å². The fraction of sp³-hybridized carbons (Fsp3) is 0.231. The summed E-state index contributed by atoms with van der Waals surface area (Å²) >= 11 is 0. The van der Waals surface area contributed by atoms with Crippen molar-refractivity contribution in [2.45, 2.75) is 19.3 Å². The number of carbonyl (C=O) groups is 1. The van der Waals surface area contributed by atoms with Crippen LogP contribution in [0.25, 0.3) is 0 Å². The number of hydrogen-bond donors (Lipinski definition) is 1.